The average Bonchev–Trinajstić information content (AvgIpc) is 2.30. The van der Waals surface area contributed by atoms with E-state index in [1.807, 2.05) is 0 Å². The van der Waals surface area contributed by atoms with E-state index >= 15 is 0 Å². The van der Waals surface area contributed by atoms with Gasteiger partial charge in [0.2, 0.25) is 5.91 Å². The SMILES string of the molecule is CN(CCC(N)=S)C(=O)CN(CCCO)C1CCC1. The molecular weight excluding hydrogens is 262 g/mol. The molecule has 1 rings (SSSR count). The van der Waals surface area contributed by atoms with E-state index in [4.69, 9.17) is 23.1 Å². The van der Waals surface area contributed by atoms with Crippen molar-refractivity contribution in [2.75, 3.05) is 33.3 Å². The zero-order valence-corrected chi connectivity index (χ0v) is 12.5. The molecule has 0 atom stereocenters. The summed E-state index contributed by atoms with van der Waals surface area (Å²) in [6.45, 7) is 1.97. The largest absolute Gasteiger partial charge is 0.396 e. The van der Waals surface area contributed by atoms with Crippen molar-refractivity contribution in [1.82, 2.24) is 9.80 Å². The number of nitrogens with two attached hydrogens (primary N) is 1. The van der Waals surface area contributed by atoms with Crippen molar-refractivity contribution < 1.29 is 9.90 Å². The van der Waals surface area contributed by atoms with Gasteiger partial charge in [-0.3, -0.25) is 9.69 Å². The molecule has 1 aliphatic rings. The first-order chi connectivity index (χ1) is 9.04. The number of hydrogen-bond donors (Lipinski definition) is 2. The third-order valence-corrected chi connectivity index (χ3v) is 3.86. The van der Waals surface area contributed by atoms with E-state index in [-0.39, 0.29) is 12.5 Å². The number of aliphatic hydroxyl groups is 1. The Labute approximate surface area is 120 Å². The van der Waals surface area contributed by atoms with Gasteiger partial charge in [0.05, 0.1) is 11.5 Å². The summed E-state index contributed by atoms with van der Waals surface area (Å²) in [4.78, 5) is 16.4. The van der Waals surface area contributed by atoms with Crippen LogP contribution in [-0.4, -0.2) is 65.1 Å². The fourth-order valence-electron chi connectivity index (χ4n) is 2.11. The molecule has 0 aromatic carbocycles. The highest BCUT2D eigenvalue weighted by molar-refractivity contribution is 7.80. The topological polar surface area (TPSA) is 69.8 Å². The summed E-state index contributed by atoms with van der Waals surface area (Å²) in [7, 11) is 1.78. The number of nitrogens with zero attached hydrogens (tertiary/aromatic N) is 2. The van der Waals surface area contributed by atoms with Crippen LogP contribution in [0.5, 0.6) is 0 Å². The Bertz CT molecular complexity index is 308. The van der Waals surface area contributed by atoms with Crippen molar-refractivity contribution >= 4 is 23.1 Å². The normalized spacial score (nSPS) is 15.3. The molecule has 6 heteroatoms. The predicted molar refractivity (Wildman–Crippen MR) is 80.0 cm³/mol. The lowest BCUT2D eigenvalue weighted by atomic mass is 9.91. The lowest BCUT2D eigenvalue weighted by molar-refractivity contribution is -0.132. The number of likely N-dealkylation sites (N-methyl/N-ethyl adjacent to an activating group) is 1. The van der Waals surface area contributed by atoms with E-state index in [2.05, 4.69) is 4.90 Å². The van der Waals surface area contributed by atoms with Gasteiger partial charge in [-0.2, -0.15) is 0 Å². The molecule has 1 fully saturated rings. The fraction of sp³-hybridized carbons (Fsp3) is 0.846. The van der Waals surface area contributed by atoms with Crippen molar-refractivity contribution in [2.24, 2.45) is 5.73 Å². The van der Waals surface area contributed by atoms with E-state index in [1.54, 1.807) is 11.9 Å². The first kappa shape index (κ1) is 16.3. The minimum absolute atomic E-state index is 0.0982. The maximum absolute atomic E-state index is 12.1. The molecule has 0 heterocycles. The fourth-order valence-corrected chi connectivity index (χ4v) is 2.20. The Kier molecular flexibility index (Phi) is 7.27. The molecule has 0 saturated heterocycles. The zero-order valence-electron chi connectivity index (χ0n) is 11.7. The van der Waals surface area contributed by atoms with Gasteiger partial charge < -0.3 is 15.7 Å². The average molecular weight is 287 g/mol. The monoisotopic (exact) mass is 287 g/mol. The first-order valence-electron chi connectivity index (χ1n) is 6.91. The van der Waals surface area contributed by atoms with Gasteiger partial charge in [0.25, 0.3) is 0 Å². The standard InChI is InChI=1S/C13H25N3O2S/c1-15(8-6-12(14)19)13(18)10-16(7-3-9-17)11-4-2-5-11/h11,17H,2-10H2,1H3,(H2,14,19). The molecule has 0 radical (unpaired) electrons. The van der Waals surface area contributed by atoms with E-state index in [1.165, 1.54) is 6.42 Å². The van der Waals surface area contributed by atoms with Crippen LogP contribution in [0, 0.1) is 0 Å². The summed E-state index contributed by atoms with van der Waals surface area (Å²) in [5.74, 6) is 0.0982. The van der Waals surface area contributed by atoms with Crippen molar-refractivity contribution in [2.45, 2.75) is 38.1 Å². The predicted octanol–water partition coefficient (Wildman–Crippen LogP) is 0.358. The van der Waals surface area contributed by atoms with Gasteiger partial charge in [0.1, 0.15) is 0 Å². The molecule has 0 aromatic heterocycles. The number of thiocarbonyl (C=S) groups is 1. The quantitative estimate of drug-likeness (QED) is 0.599. The van der Waals surface area contributed by atoms with Crippen LogP contribution in [0.2, 0.25) is 0 Å². The van der Waals surface area contributed by atoms with E-state index in [0.717, 1.165) is 25.8 Å². The molecule has 5 nitrogen and oxygen atoms in total. The van der Waals surface area contributed by atoms with Crippen LogP contribution in [0.15, 0.2) is 0 Å². The molecule has 0 aromatic rings. The molecule has 1 saturated carbocycles. The maximum atomic E-state index is 12.1. The second-order valence-corrected chi connectivity index (χ2v) is 5.69. The van der Waals surface area contributed by atoms with Crippen molar-refractivity contribution in [3.05, 3.63) is 0 Å². The summed E-state index contributed by atoms with van der Waals surface area (Å²) >= 11 is 4.82. The third kappa shape index (κ3) is 5.84. The van der Waals surface area contributed by atoms with Crippen molar-refractivity contribution in [3.8, 4) is 0 Å². The molecule has 19 heavy (non-hydrogen) atoms. The minimum Gasteiger partial charge on any atom is -0.396 e. The second kappa shape index (κ2) is 8.45. The summed E-state index contributed by atoms with van der Waals surface area (Å²) in [5, 5.41) is 8.93. The molecule has 0 spiro atoms. The van der Waals surface area contributed by atoms with Crippen molar-refractivity contribution in [1.29, 1.82) is 0 Å². The van der Waals surface area contributed by atoms with Crippen LogP contribution < -0.4 is 5.73 Å². The molecule has 1 aliphatic carbocycles. The molecule has 1 amide bonds. The van der Waals surface area contributed by atoms with E-state index in [9.17, 15) is 4.79 Å². The Hall–Kier alpha value is -0.720. The highest BCUT2D eigenvalue weighted by Crippen LogP contribution is 2.24. The van der Waals surface area contributed by atoms with Crippen LogP contribution in [0.3, 0.4) is 0 Å². The van der Waals surface area contributed by atoms with E-state index < -0.39 is 0 Å². The molecule has 0 aliphatic heterocycles. The molecular formula is C13H25N3O2S. The molecule has 110 valence electrons. The number of hydrogen-bond acceptors (Lipinski definition) is 4. The van der Waals surface area contributed by atoms with Gasteiger partial charge >= 0.3 is 0 Å². The highest BCUT2D eigenvalue weighted by atomic mass is 32.1. The number of carbonyl (C=O) groups is 1. The van der Waals surface area contributed by atoms with Crippen LogP contribution in [0.4, 0.5) is 0 Å². The van der Waals surface area contributed by atoms with Crippen LogP contribution in [0.1, 0.15) is 32.1 Å². The number of aliphatic hydroxyl groups excluding tert-OH is 1. The summed E-state index contributed by atoms with van der Waals surface area (Å²) in [6, 6.07) is 0.513. The summed E-state index contributed by atoms with van der Waals surface area (Å²) in [5.41, 5.74) is 5.44. The number of rotatable bonds is 9. The van der Waals surface area contributed by atoms with Crippen LogP contribution in [0.25, 0.3) is 0 Å². The van der Waals surface area contributed by atoms with E-state index in [0.29, 0.717) is 30.5 Å². The van der Waals surface area contributed by atoms with Crippen molar-refractivity contribution in [3.63, 3.8) is 0 Å². The smallest absolute Gasteiger partial charge is 0.236 e. The second-order valence-electron chi connectivity index (χ2n) is 5.16. The van der Waals surface area contributed by atoms with Gasteiger partial charge in [0.15, 0.2) is 0 Å². The number of carbonyl (C=O) groups excluding carboxylic acids is 1. The maximum Gasteiger partial charge on any atom is 0.236 e. The lowest BCUT2D eigenvalue weighted by Gasteiger charge is -2.37. The third-order valence-electron chi connectivity index (χ3n) is 3.65. The minimum atomic E-state index is 0.0982. The highest BCUT2D eigenvalue weighted by Gasteiger charge is 2.26. The summed E-state index contributed by atoms with van der Waals surface area (Å²) < 4.78 is 0. The summed E-state index contributed by atoms with van der Waals surface area (Å²) in [6.07, 6.45) is 4.86. The van der Waals surface area contributed by atoms with Gasteiger partial charge in [-0.25, -0.2) is 0 Å². The van der Waals surface area contributed by atoms with Crippen LogP contribution in [-0.2, 0) is 4.79 Å². The van der Waals surface area contributed by atoms with Gasteiger partial charge in [-0.15, -0.1) is 0 Å². The number of amides is 1. The zero-order chi connectivity index (χ0) is 14.3. The Morgan fingerprint density at radius 1 is 1.42 bits per heavy atom. The lowest BCUT2D eigenvalue weighted by Crippen LogP contribution is -2.47. The van der Waals surface area contributed by atoms with Gasteiger partial charge in [-0.05, 0) is 19.3 Å². The van der Waals surface area contributed by atoms with Gasteiger partial charge in [0, 0.05) is 39.2 Å². The van der Waals surface area contributed by atoms with Crippen LogP contribution >= 0.6 is 12.2 Å². The Balaban J connectivity index is 2.38. The molecule has 0 unspecified atom stereocenters. The van der Waals surface area contributed by atoms with Gasteiger partial charge in [-0.1, -0.05) is 18.6 Å². The Morgan fingerprint density at radius 2 is 2.11 bits per heavy atom. The first-order valence-corrected chi connectivity index (χ1v) is 7.32. The molecule has 3 N–H and O–H groups in total. The molecule has 0 bridgehead atoms. The Morgan fingerprint density at radius 3 is 2.58 bits per heavy atom.